The molecular formula is C18H24N4O4. The molecule has 8 heteroatoms. The first-order valence-corrected chi connectivity index (χ1v) is 8.77. The van der Waals surface area contributed by atoms with E-state index < -0.39 is 12.2 Å². The standard InChI is InChI=1S/C18H24N4O4/c1-12-17(25)20(2)11-15-21(10-8-16(24)22(12)15)18(26)19-9-7-13-3-5-14(23)6-4-13/h3-6,12,15,23H,7-11H2,1-2H3,(H,19,26)/t12-,15-/m0/s1. The first-order chi connectivity index (χ1) is 12.4. The van der Waals surface area contributed by atoms with Gasteiger partial charge < -0.3 is 25.1 Å². The molecular weight excluding hydrogens is 336 g/mol. The zero-order chi connectivity index (χ0) is 18.8. The Morgan fingerprint density at radius 1 is 1.27 bits per heavy atom. The summed E-state index contributed by atoms with van der Waals surface area (Å²) >= 11 is 0. The second-order valence-corrected chi connectivity index (χ2v) is 6.77. The second-order valence-electron chi connectivity index (χ2n) is 6.77. The van der Waals surface area contributed by atoms with Gasteiger partial charge in [-0.2, -0.15) is 0 Å². The maximum absolute atomic E-state index is 12.6. The molecule has 2 saturated heterocycles. The summed E-state index contributed by atoms with van der Waals surface area (Å²) in [7, 11) is 1.69. The van der Waals surface area contributed by atoms with Gasteiger partial charge in [-0.3, -0.25) is 9.59 Å². The third-order valence-corrected chi connectivity index (χ3v) is 5.01. The van der Waals surface area contributed by atoms with Crippen molar-refractivity contribution in [3.63, 3.8) is 0 Å². The largest absolute Gasteiger partial charge is 0.508 e. The van der Waals surface area contributed by atoms with E-state index >= 15 is 0 Å². The lowest BCUT2D eigenvalue weighted by molar-refractivity contribution is -0.164. The summed E-state index contributed by atoms with van der Waals surface area (Å²) < 4.78 is 0. The van der Waals surface area contributed by atoms with E-state index in [1.54, 1.807) is 35.9 Å². The number of phenolic OH excluding ortho intramolecular Hbond substituents is 1. The van der Waals surface area contributed by atoms with Crippen molar-refractivity contribution in [3.8, 4) is 5.75 Å². The number of amides is 4. The fourth-order valence-corrected chi connectivity index (χ4v) is 3.56. The number of hydrogen-bond donors (Lipinski definition) is 2. The topological polar surface area (TPSA) is 93.2 Å². The molecule has 0 saturated carbocycles. The Labute approximate surface area is 152 Å². The Kier molecular flexibility index (Phi) is 5.01. The lowest BCUT2D eigenvalue weighted by atomic mass is 10.1. The molecule has 1 aromatic rings. The lowest BCUT2D eigenvalue weighted by Gasteiger charge is -2.50. The van der Waals surface area contributed by atoms with E-state index in [2.05, 4.69) is 5.32 Å². The van der Waals surface area contributed by atoms with Crippen LogP contribution in [-0.2, 0) is 16.0 Å². The Balaban J connectivity index is 1.62. The zero-order valence-corrected chi connectivity index (χ0v) is 15.0. The highest BCUT2D eigenvalue weighted by Crippen LogP contribution is 2.24. The van der Waals surface area contributed by atoms with Crippen LogP contribution in [0.25, 0.3) is 0 Å². The second kappa shape index (κ2) is 7.23. The number of carbonyl (C=O) groups is 3. The lowest BCUT2D eigenvalue weighted by Crippen LogP contribution is -2.70. The van der Waals surface area contributed by atoms with Crippen molar-refractivity contribution in [1.82, 2.24) is 20.0 Å². The number of urea groups is 1. The predicted molar refractivity (Wildman–Crippen MR) is 94.3 cm³/mol. The van der Waals surface area contributed by atoms with E-state index in [-0.39, 0.29) is 30.0 Å². The third kappa shape index (κ3) is 3.44. The monoisotopic (exact) mass is 360 g/mol. The molecule has 8 nitrogen and oxygen atoms in total. The van der Waals surface area contributed by atoms with Crippen LogP contribution in [0.2, 0.25) is 0 Å². The average Bonchev–Trinajstić information content (AvgIpc) is 2.61. The minimum Gasteiger partial charge on any atom is -0.508 e. The number of phenols is 1. The number of nitrogens with one attached hydrogen (secondary N) is 1. The molecule has 0 aromatic heterocycles. The fraction of sp³-hybridized carbons (Fsp3) is 0.500. The summed E-state index contributed by atoms with van der Waals surface area (Å²) in [5.74, 6) is 0.0160. The Morgan fingerprint density at radius 2 is 1.96 bits per heavy atom. The van der Waals surface area contributed by atoms with E-state index in [9.17, 15) is 19.5 Å². The van der Waals surface area contributed by atoms with Gasteiger partial charge in [0.2, 0.25) is 11.8 Å². The third-order valence-electron chi connectivity index (χ3n) is 5.01. The maximum Gasteiger partial charge on any atom is 0.319 e. The van der Waals surface area contributed by atoms with Crippen LogP contribution in [0.4, 0.5) is 4.79 Å². The van der Waals surface area contributed by atoms with Crippen LogP contribution in [0.15, 0.2) is 24.3 Å². The van der Waals surface area contributed by atoms with Gasteiger partial charge in [-0.15, -0.1) is 0 Å². The molecule has 0 unspecified atom stereocenters. The SMILES string of the molecule is C[C@H]1C(=O)N(C)C[C@H]2N(C(=O)NCCc3ccc(O)cc3)CCC(=O)N12. The van der Waals surface area contributed by atoms with Gasteiger partial charge in [0.1, 0.15) is 18.0 Å². The maximum atomic E-state index is 12.6. The van der Waals surface area contributed by atoms with Gasteiger partial charge in [0.15, 0.2) is 0 Å². The smallest absolute Gasteiger partial charge is 0.319 e. The highest BCUT2D eigenvalue weighted by Gasteiger charge is 2.45. The fourth-order valence-electron chi connectivity index (χ4n) is 3.56. The Morgan fingerprint density at radius 3 is 2.65 bits per heavy atom. The molecule has 0 aliphatic carbocycles. The van der Waals surface area contributed by atoms with Crippen molar-refractivity contribution in [3.05, 3.63) is 29.8 Å². The van der Waals surface area contributed by atoms with Crippen LogP contribution in [-0.4, -0.2) is 76.5 Å². The molecule has 2 fully saturated rings. The molecule has 0 bridgehead atoms. The van der Waals surface area contributed by atoms with Crippen LogP contribution < -0.4 is 5.32 Å². The van der Waals surface area contributed by atoms with Gasteiger partial charge in [-0.05, 0) is 31.0 Å². The summed E-state index contributed by atoms with van der Waals surface area (Å²) in [4.78, 5) is 41.8. The summed E-state index contributed by atoms with van der Waals surface area (Å²) in [5, 5.41) is 12.2. The van der Waals surface area contributed by atoms with Crippen LogP contribution in [0.5, 0.6) is 5.75 Å². The van der Waals surface area contributed by atoms with E-state index in [4.69, 9.17) is 0 Å². The minimum atomic E-state index is -0.557. The minimum absolute atomic E-state index is 0.0860. The van der Waals surface area contributed by atoms with Crippen LogP contribution in [0.3, 0.4) is 0 Å². The van der Waals surface area contributed by atoms with E-state index in [1.165, 1.54) is 4.90 Å². The summed E-state index contributed by atoms with van der Waals surface area (Å²) in [6.45, 7) is 2.82. The van der Waals surface area contributed by atoms with Crippen molar-refractivity contribution in [1.29, 1.82) is 0 Å². The van der Waals surface area contributed by atoms with Gasteiger partial charge in [0.05, 0.1) is 6.54 Å². The summed E-state index contributed by atoms with van der Waals surface area (Å²) in [5.41, 5.74) is 1.01. The van der Waals surface area contributed by atoms with Gasteiger partial charge in [-0.1, -0.05) is 12.1 Å². The van der Waals surface area contributed by atoms with E-state index in [1.807, 2.05) is 12.1 Å². The van der Waals surface area contributed by atoms with Crippen LogP contribution in [0.1, 0.15) is 18.9 Å². The Bertz CT molecular complexity index is 706. The highest BCUT2D eigenvalue weighted by atomic mass is 16.3. The predicted octanol–water partition coefficient (Wildman–Crippen LogP) is 0.365. The number of rotatable bonds is 3. The molecule has 26 heavy (non-hydrogen) atoms. The van der Waals surface area contributed by atoms with E-state index in [0.717, 1.165) is 5.56 Å². The van der Waals surface area contributed by atoms with Crippen LogP contribution in [0, 0.1) is 0 Å². The van der Waals surface area contributed by atoms with Gasteiger partial charge in [0, 0.05) is 26.6 Å². The first-order valence-electron chi connectivity index (χ1n) is 8.77. The molecule has 4 amide bonds. The van der Waals surface area contributed by atoms with Crippen molar-refractivity contribution in [2.45, 2.75) is 32.0 Å². The van der Waals surface area contributed by atoms with Crippen molar-refractivity contribution in [2.75, 3.05) is 26.7 Å². The first kappa shape index (κ1) is 18.0. The molecule has 140 valence electrons. The van der Waals surface area contributed by atoms with Gasteiger partial charge in [0.25, 0.3) is 0 Å². The number of nitrogens with zero attached hydrogens (tertiary/aromatic N) is 3. The number of piperazine rings is 1. The molecule has 0 spiro atoms. The molecule has 2 aliphatic rings. The molecule has 2 aliphatic heterocycles. The average molecular weight is 360 g/mol. The van der Waals surface area contributed by atoms with E-state index in [0.29, 0.717) is 26.1 Å². The molecule has 0 radical (unpaired) electrons. The summed E-state index contributed by atoms with van der Waals surface area (Å²) in [6, 6.07) is 6.06. The Hall–Kier alpha value is -2.77. The van der Waals surface area contributed by atoms with Gasteiger partial charge >= 0.3 is 6.03 Å². The molecule has 2 heterocycles. The molecule has 2 N–H and O–H groups in total. The molecule has 2 atom stereocenters. The molecule has 3 rings (SSSR count). The van der Waals surface area contributed by atoms with Crippen molar-refractivity contribution < 1.29 is 19.5 Å². The molecule has 1 aromatic carbocycles. The number of likely N-dealkylation sites (N-methyl/N-ethyl adjacent to an activating group) is 1. The van der Waals surface area contributed by atoms with Crippen molar-refractivity contribution >= 4 is 17.8 Å². The summed E-state index contributed by atoms with van der Waals surface area (Å²) in [6.07, 6.45) is 0.438. The quantitative estimate of drug-likeness (QED) is 0.814. The highest BCUT2D eigenvalue weighted by molar-refractivity contribution is 5.90. The number of benzene rings is 1. The van der Waals surface area contributed by atoms with Gasteiger partial charge in [-0.25, -0.2) is 4.79 Å². The van der Waals surface area contributed by atoms with Crippen LogP contribution >= 0.6 is 0 Å². The van der Waals surface area contributed by atoms with Crippen molar-refractivity contribution in [2.24, 2.45) is 0 Å². The number of aromatic hydroxyl groups is 1. The normalized spacial score (nSPS) is 23.1. The zero-order valence-electron chi connectivity index (χ0n) is 15.0. The number of hydrogen-bond acceptors (Lipinski definition) is 4. The number of carbonyl (C=O) groups excluding carboxylic acids is 3. The number of fused-ring (bicyclic) bond motifs is 1.